The summed E-state index contributed by atoms with van der Waals surface area (Å²) in [7, 11) is -3.81. The smallest absolute Gasteiger partial charge is 0.354 e. The number of aromatic nitrogens is 1. The van der Waals surface area contributed by atoms with Gasteiger partial charge in [-0.05, 0) is 30.3 Å². The van der Waals surface area contributed by atoms with Gasteiger partial charge in [0, 0.05) is 4.47 Å². The van der Waals surface area contributed by atoms with Crippen molar-refractivity contribution in [3.8, 4) is 0 Å². The molecule has 0 aliphatic rings. The second-order valence-electron chi connectivity index (χ2n) is 3.78. The third-order valence-electron chi connectivity index (χ3n) is 2.31. The van der Waals surface area contributed by atoms with Crippen molar-refractivity contribution in [3.63, 3.8) is 0 Å². The number of hydrogen-bond acceptors (Lipinski definition) is 4. The molecule has 0 amide bonds. The number of pyridine rings is 1. The maximum Gasteiger partial charge on any atom is 0.354 e. The van der Waals surface area contributed by atoms with Crippen molar-refractivity contribution in [3.05, 3.63) is 52.6 Å². The lowest BCUT2D eigenvalue weighted by molar-refractivity contribution is 0.0690. The van der Waals surface area contributed by atoms with Crippen LogP contribution in [0.2, 0.25) is 0 Å². The number of carbonyl (C=O) groups is 1. The average molecular weight is 357 g/mol. The summed E-state index contributed by atoms with van der Waals surface area (Å²) in [6, 6.07) is 10.2. The van der Waals surface area contributed by atoms with E-state index in [2.05, 4.69) is 25.6 Å². The van der Waals surface area contributed by atoms with Crippen LogP contribution in [0.3, 0.4) is 0 Å². The maximum atomic E-state index is 12.1. The Kier molecular flexibility index (Phi) is 4.05. The van der Waals surface area contributed by atoms with Crippen LogP contribution in [0.5, 0.6) is 0 Å². The van der Waals surface area contributed by atoms with Crippen LogP contribution in [0, 0.1) is 0 Å². The van der Waals surface area contributed by atoms with Gasteiger partial charge in [0.1, 0.15) is 5.82 Å². The number of sulfonamides is 1. The Hall–Kier alpha value is -1.93. The number of anilines is 1. The zero-order chi connectivity index (χ0) is 14.8. The Morgan fingerprint density at radius 3 is 2.55 bits per heavy atom. The van der Waals surface area contributed by atoms with Gasteiger partial charge in [0.2, 0.25) is 0 Å². The molecule has 0 spiro atoms. The summed E-state index contributed by atoms with van der Waals surface area (Å²) in [6.07, 6.45) is 0. The zero-order valence-electron chi connectivity index (χ0n) is 9.95. The number of carboxylic acid groups (broad SMARTS) is 1. The van der Waals surface area contributed by atoms with E-state index in [4.69, 9.17) is 5.11 Å². The van der Waals surface area contributed by atoms with Crippen LogP contribution >= 0.6 is 15.9 Å². The number of carboxylic acids is 1. The molecular weight excluding hydrogens is 348 g/mol. The van der Waals surface area contributed by atoms with Gasteiger partial charge < -0.3 is 5.11 Å². The molecule has 2 N–H and O–H groups in total. The van der Waals surface area contributed by atoms with Gasteiger partial charge in [-0.3, -0.25) is 4.72 Å². The Morgan fingerprint density at radius 2 is 1.90 bits per heavy atom. The summed E-state index contributed by atoms with van der Waals surface area (Å²) in [5, 5.41) is 8.82. The third kappa shape index (κ3) is 3.34. The summed E-state index contributed by atoms with van der Waals surface area (Å²) >= 11 is 3.19. The van der Waals surface area contributed by atoms with Gasteiger partial charge in [0.25, 0.3) is 10.0 Å². The van der Waals surface area contributed by atoms with Crippen LogP contribution in [0.25, 0.3) is 0 Å². The first-order valence-corrected chi connectivity index (χ1v) is 7.65. The summed E-state index contributed by atoms with van der Waals surface area (Å²) in [6.45, 7) is 0. The summed E-state index contributed by atoms with van der Waals surface area (Å²) in [5.74, 6) is -1.28. The topological polar surface area (TPSA) is 96.4 Å². The third-order valence-corrected chi connectivity index (χ3v) is 4.16. The van der Waals surface area contributed by atoms with Crippen LogP contribution in [0.15, 0.2) is 51.8 Å². The highest BCUT2D eigenvalue weighted by Crippen LogP contribution is 2.18. The van der Waals surface area contributed by atoms with Gasteiger partial charge in [-0.1, -0.05) is 28.1 Å². The molecule has 20 heavy (non-hydrogen) atoms. The molecule has 1 aromatic heterocycles. The largest absolute Gasteiger partial charge is 0.477 e. The van der Waals surface area contributed by atoms with Crippen LogP contribution in [-0.2, 0) is 10.0 Å². The predicted molar refractivity (Wildman–Crippen MR) is 76.1 cm³/mol. The molecule has 1 aromatic carbocycles. The molecule has 2 aromatic rings. The van der Waals surface area contributed by atoms with Crippen LogP contribution < -0.4 is 4.72 Å². The van der Waals surface area contributed by atoms with Crippen molar-refractivity contribution in [2.45, 2.75) is 4.90 Å². The second kappa shape index (κ2) is 5.59. The van der Waals surface area contributed by atoms with Crippen molar-refractivity contribution in [1.29, 1.82) is 0 Å². The molecule has 0 aliphatic heterocycles. The molecular formula is C12H9BrN2O4S. The SMILES string of the molecule is O=C(O)c1cccc(NS(=O)(=O)c2cccc(Br)c2)n1. The van der Waals surface area contributed by atoms with E-state index in [1.807, 2.05) is 0 Å². The Morgan fingerprint density at radius 1 is 1.20 bits per heavy atom. The summed E-state index contributed by atoms with van der Waals surface area (Å²) in [4.78, 5) is 14.5. The van der Waals surface area contributed by atoms with Gasteiger partial charge in [-0.25, -0.2) is 18.2 Å². The van der Waals surface area contributed by atoms with E-state index >= 15 is 0 Å². The molecule has 1 heterocycles. The van der Waals surface area contributed by atoms with Gasteiger partial charge in [-0.15, -0.1) is 0 Å². The van der Waals surface area contributed by atoms with Gasteiger partial charge in [-0.2, -0.15) is 0 Å². The molecule has 8 heteroatoms. The Balaban J connectivity index is 2.33. The molecule has 6 nitrogen and oxygen atoms in total. The standard InChI is InChI=1S/C12H9BrN2O4S/c13-8-3-1-4-9(7-8)20(18,19)15-11-6-2-5-10(14-11)12(16)17/h1-7H,(H,14,15)(H,16,17). The molecule has 0 saturated carbocycles. The molecule has 0 saturated heterocycles. The highest BCUT2D eigenvalue weighted by molar-refractivity contribution is 9.10. The first-order chi connectivity index (χ1) is 9.38. The van der Waals surface area contributed by atoms with E-state index in [0.717, 1.165) is 0 Å². The minimum Gasteiger partial charge on any atom is -0.477 e. The fourth-order valence-electron chi connectivity index (χ4n) is 1.44. The van der Waals surface area contributed by atoms with E-state index < -0.39 is 16.0 Å². The molecule has 2 rings (SSSR count). The lowest BCUT2D eigenvalue weighted by Gasteiger charge is -2.08. The molecule has 0 radical (unpaired) electrons. The van der Waals surface area contributed by atoms with E-state index in [1.165, 1.54) is 30.3 Å². The average Bonchev–Trinajstić information content (AvgIpc) is 2.38. The van der Waals surface area contributed by atoms with Gasteiger partial charge in [0.05, 0.1) is 4.90 Å². The number of benzene rings is 1. The minimum absolute atomic E-state index is 0.0504. The van der Waals surface area contributed by atoms with Crippen molar-refractivity contribution >= 4 is 37.7 Å². The van der Waals surface area contributed by atoms with Crippen molar-refractivity contribution in [1.82, 2.24) is 4.98 Å². The minimum atomic E-state index is -3.81. The maximum absolute atomic E-state index is 12.1. The lowest BCUT2D eigenvalue weighted by atomic mass is 10.3. The first-order valence-electron chi connectivity index (χ1n) is 5.37. The second-order valence-corrected chi connectivity index (χ2v) is 6.37. The zero-order valence-corrected chi connectivity index (χ0v) is 12.3. The van der Waals surface area contributed by atoms with E-state index in [0.29, 0.717) is 4.47 Å². The fourth-order valence-corrected chi connectivity index (χ4v) is 3.04. The number of nitrogens with one attached hydrogen (secondary N) is 1. The Labute approximate surface area is 123 Å². The molecule has 0 unspecified atom stereocenters. The van der Waals surface area contributed by atoms with E-state index in [1.54, 1.807) is 12.1 Å². The molecule has 0 atom stereocenters. The van der Waals surface area contributed by atoms with Crippen LogP contribution in [-0.4, -0.2) is 24.5 Å². The predicted octanol–water partition coefficient (Wildman–Crippen LogP) is 2.34. The van der Waals surface area contributed by atoms with Gasteiger partial charge >= 0.3 is 5.97 Å². The quantitative estimate of drug-likeness (QED) is 0.876. The monoisotopic (exact) mass is 356 g/mol. The highest BCUT2D eigenvalue weighted by atomic mass is 79.9. The van der Waals surface area contributed by atoms with Crippen molar-refractivity contribution in [2.75, 3.05) is 4.72 Å². The number of nitrogens with zero attached hydrogens (tertiary/aromatic N) is 1. The number of aromatic carboxylic acids is 1. The summed E-state index contributed by atoms with van der Waals surface area (Å²) in [5.41, 5.74) is -0.237. The van der Waals surface area contributed by atoms with Crippen molar-refractivity contribution in [2.24, 2.45) is 0 Å². The normalized spacial score (nSPS) is 11.1. The van der Waals surface area contributed by atoms with Crippen LogP contribution in [0.1, 0.15) is 10.5 Å². The molecule has 0 bridgehead atoms. The number of halogens is 1. The molecule has 0 aliphatic carbocycles. The summed E-state index contributed by atoms with van der Waals surface area (Å²) < 4.78 is 27.1. The van der Waals surface area contributed by atoms with E-state index in [-0.39, 0.29) is 16.4 Å². The fraction of sp³-hybridized carbons (Fsp3) is 0. The Bertz CT molecular complexity index is 762. The van der Waals surface area contributed by atoms with Crippen LogP contribution in [0.4, 0.5) is 5.82 Å². The lowest BCUT2D eigenvalue weighted by Crippen LogP contribution is -2.15. The first kappa shape index (κ1) is 14.5. The van der Waals surface area contributed by atoms with E-state index in [9.17, 15) is 13.2 Å². The highest BCUT2D eigenvalue weighted by Gasteiger charge is 2.16. The number of rotatable bonds is 4. The number of hydrogen-bond donors (Lipinski definition) is 2. The van der Waals surface area contributed by atoms with Crippen molar-refractivity contribution < 1.29 is 18.3 Å². The van der Waals surface area contributed by atoms with Gasteiger partial charge in [0.15, 0.2) is 5.69 Å². The molecule has 0 fully saturated rings. The molecule has 104 valence electrons.